The van der Waals surface area contributed by atoms with E-state index < -0.39 is 0 Å². The van der Waals surface area contributed by atoms with Gasteiger partial charge in [-0.1, -0.05) is 56.8 Å². The predicted molar refractivity (Wildman–Crippen MR) is 115 cm³/mol. The van der Waals surface area contributed by atoms with Crippen molar-refractivity contribution in [2.45, 2.75) is 27.2 Å². The normalized spacial score (nSPS) is 11.1. The second kappa shape index (κ2) is 10.7. The monoisotopic (exact) mass is 358 g/mol. The van der Waals surface area contributed by atoms with Crippen LogP contribution in [0.5, 0.6) is 0 Å². The lowest BCUT2D eigenvalue weighted by Crippen LogP contribution is -2.04. The van der Waals surface area contributed by atoms with Gasteiger partial charge in [-0.2, -0.15) is 5.10 Å². The molecule has 2 aromatic heterocycles. The summed E-state index contributed by atoms with van der Waals surface area (Å²) in [5, 5.41) is 14.4. The summed E-state index contributed by atoms with van der Waals surface area (Å²) in [4.78, 5) is 4.06. The summed E-state index contributed by atoms with van der Waals surface area (Å²) in [5.74, 6) is 0.736. The highest BCUT2D eigenvalue weighted by atomic mass is 15.2. The first-order valence-electron chi connectivity index (χ1n) is 9.17. The summed E-state index contributed by atoms with van der Waals surface area (Å²) in [6.45, 7) is 9.73. The Kier molecular flexibility index (Phi) is 7.92. The minimum Gasteiger partial charge on any atom is -0.338 e. The van der Waals surface area contributed by atoms with Gasteiger partial charge in [-0.25, -0.2) is 0 Å². The van der Waals surface area contributed by atoms with Crippen LogP contribution in [0.3, 0.4) is 0 Å². The zero-order valence-corrected chi connectivity index (χ0v) is 16.2. The summed E-state index contributed by atoms with van der Waals surface area (Å²) in [6.07, 6.45) is 11.9. The SMILES string of the molecule is C=C/C=C(\C=C/C)Nc1nnc(Cc2ccncc2)c2ccccc12.CC. The van der Waals surface area contributed by atoms with Gasteiger partial charge in [0.25, 0.3) is 0 Å². The van der Waals surface area contributed by atoms with Crippen LogP contribution < -0.4 is 5.32 Å². The van der Waals surface area contributed by atoms with E-state index in [1.807, 2.05) is 63.3 Å². The third-order valence-electron chi connectivity index (χ3n) is 3.79. The van der Waals surface area contributed by atoms with Crippen LogP contribution in [0.4, 0.5) is 5.82 Å². The lowest BCUT2D eigenvalue weighted by Gasteiger charge is -2.11. The van der Waals surface area contributed by atoms with Crippen molar-refractivity contribution in [1.82, 2.24) is 15.2 Å². The molecule has 0 aliphatic rings. The van der Waals surface area contributed by atoms with Crippen molar-refractivity contribution in [3.63, 3.8) is 0 Å². The van der Waals surface area contributed by atoms with E-state index in [0.717, 1.165) is 40.0 Å². The summed E-state index contributed by atoms with van der Waals surface area (Å²) in [7, 11) is 0. The van der Waals surface area contributed by atoms with Crippen LogP contribution in [-0.4, -0.2) is 15.2 Å². The van der Waals surface area contributed by atoms with Gasteiger partial charge in [0.2, 0.25) is 0 Å². The van der Waals surface area contributed by atoms with Gasteiger partial charge in [0.15, 0.2) is 5.82 Å². The summed E-state index contributed by atoms with van der Waals surface area (Å²) in [5.41, 5.74) is 3.03. The van der Waals surface area contributed by atoms with E-state index >= 15 is 0 Å². The highest BCUT2D eigenvalue weighted by Gasteiger charge is 2.10. The number of aromatic nitrogens is 3. The molecule has 0 aliphatic heterocycles. The average Bonchev–Trinajstić information content (AvgIpc) is 2.72. The average molecular weight is 358 g/mol. The number of nitrogens with one attached hydrogen (secondary N) is 1. The van der Waals surface area contributed by atoms with Crippen LogP contribution in [0, 0.1) is 0 Å². The summed E-state index contributed by atoms with van der Waals surface area (Å²) < 4.78 is 0. The number of hydrogen-bond donors (Lipinski definition) is 1. The van der Waals surface area contributed by atoms with Crippen LogP contribution in [0.25, 0.3) is 10.8 Å². The first-order valence-corrected chi connectivity index (χ1v) is 9.17. The zero-order chi connectivity index (χ0) is 19.5. The lowest BCUT2D eigenvalue weighted by molar-refractivity contribution is 0.959. The highest BCUT2D eigenvalue weighted by Crippen LogP contribution is 2.25. The number of nitrogens with zero attached hydrogens (tertiary/aromatic N) is 3. The van der Waals surface area contributed by atoms with Crippen LogP contribution in [0.15, 0.2) is 85.4 Å². The van der Waals surface area contributed by atoms with Crippen molar-refractivity contribution in [1.29, 1.82) is 0 Å². The molecular formula is C23H26N4. The standard InChI is InChI=1S/C21H20N4.C2H6/c1-3-7-17(8-4-2)23-21-19-10-6-5-9-18(19)20(24-25-21)15-16-11-13-22-14-12-16;1-2/h3-14H,1,15H2,2H3,(H,23,25);1-2H3/b8-4-,17-7+;. The molecule has 0 fully saturated rings. The van der Waals surface area contributed by atoms with Crippen LogP contribution >= 0.6 is 0 Å². The van der Waals surface area contributed by atoms with Crippen LogP contribution in [-0.2, 0) is 6.42 Å². The first kappa shape index (κ1) is 20.0. The maximum atomic E-state index is 4.47. The molecule has 0 aliphatic carbocycles. The van der Waals surface area contributed by atoms with Gasteiger partial charge in [-0.3, -0.25) is 4.98 Å². The molecule has 3 rings (SSSR count). The van der Waals surface area contributed by atoms with Crippen molar-refractivity contribution in [2.24, 2.45) is 0 Å². The lowest BCUT2D eigenvalue weighted by atomic mass is 10.0. The molecule has 0 saturated heterocycles. The first-order chi connectivity index (χ1) is 13.3. The van der Waals surface area contributed by atoms with Gasteiger partial charge in [0, 0.05) is 35.3 Å². The minimum atomic E-state index is 0.723. The van der Waals surface area contributed by atoms with Gasteiger partial charge in [0.1, 0.15) is 0 Å². The molecule has 0 unspecified atom stereocenters. The third kappa shape index (κ3) is 5.35. The van der Waals surface area contributed by atoms with E-state index in [2.05, 4.69) is 39.2 Å². The Morgan fingerprint density at radius 2 is 1.74 bits per heavy atom. The van der Waals surface area contributed by atoms with Crippen molar-refractivity contribution in [3.8, 4) is 0 Å². The van der Waals surface area contributed by atoms with Gasteiger partial charge in [0.05, 0.1) is 5.69 Å². The fraction of sp³-hybridized carbons (Fsp3) is 0.174. The number of rotatable bonds is 6. The van der Waals surface area contributed by atoms with Crippen molar-refractivity contribution in [3.05, 3.63) is 96.6 Å². The third-order valence-corrected chi connectivity index (χ3v) is 3.79. The van der Waals surface area contributed by atoms with Gasteiger partial charge >= 0.3 is 0 Å². The Morgan fingerprint density at radius 1 is 1.04 bits per heavy atom. The smallest absolute Gasteiger partial charge is 0.160 e. The Labute approximate surface area is 161 Å². The molecular weight excluding hydrogens is 332 g/mol. The fourth-order valence-corrected chi connectivity index (χ4v) is 2.66. The predicted octanol–water partition coefficient (Wildman–Crippen LogP) is 5.70. The summed E-state index contributed by atoms with van der Waals surface area (Å²) in [6, 6.07) is 12.2. The van der Waals surface area contributed by atoms with E-state index in [1.54, 1.807) is 18.5 Å². The van der Waals surface area contributed by atoms with Crippen LogP contribution in [0.1, 0.15) is 32.0 Å². The molecule has 4 heteroatoms. The minimum absolute atomic E-state index is 0.723. The van der Waals surface area contributed by atoms with E-state index in [1.165, 1.54) is 0 Å². The van der Waals surface area contributed by atoms with E-state index in [-0.39, 0.29) is 0 Å². The molecule has 0 bridgehead atoms. The summed E-state index contributed by atoms with van der Waals surface area (Å²) >= 11 is 0. The van der Waals surface area contributed by atoms with Gasteiger partial charge < -0.3 is 5.32 Å². The largest absolute Gasteiger partial charge is 0.338 e. The maximum absolute atomic E-state index is 4.47. The van der Waals surface area contributed by atoms with Gasteiger partial charge in [-0.05, 0) is 36.8 Å². The molecule has 2 heterocycles. The second-order valence-electron chi connectivity index (χ2n) is 5.56. The van der Waals surface area contributed by atoms with E-state index in [9.17, 15) is 0 Å². The molecule has 4 nitrogen and oxygen atoms in total. The van der Waals surface area contributed by atoms with Gasteiger partial charge in [-0.15, -0.1) is 5.10 Å². The Hall–Kier alpha value is -3.27. The fourth-order valence-electron chi connectivity index (χ4n) is 2.66. The second-order valence-corrected chi connectivity index (χ2v) is 5.56. The highest BCUT2D eigenvalue weighted by molar-refractivity contribution is 5.93. The Morgan fingerprint density at radius 3 is 2.41 bits per heavy atom. The molecule has 0 radical (unpaired) electrons. The molecule has 3 aromatic rings. The van der Waals surface area contributed by atoms with E-state index in [4.69, 9.17) is 0 Å². The van der Waals surface area contributed by atoms with Crippen molar-refractivity contribution < 1.29 is 0 Å². The molecule has 138 valence electrons. The zero-order valence-electron chi connectivity index (χ0n) is 16.2. The quantitative estimate of drug-likeness (QED) is 0.574. The number of hydrogen-bond acceptors (Lipinski definition) is 4. The Balaban J connectivity index is 0.00000126. The Bertz CT molecular complexity index is 928. The molecule has 0 atom stereocenters. The molecule has 0 saturated carbocycles. The number of fused-ring (bicyclic) bond motifs is 1. The molecule has 0 amide bonds. The molecule has 0 spiro atoms. The molecule has 1 aromatic carbocycles. The number of benzene rings is 1. The van der Waals surface area contributed by atoms with Crippen LogP contribution in [0.2, 0.25) is 0 Å². The maximum Gasteiger partial charge on any atom is 0.160 e. The molecule has 1 N–H and O–H groups in total. The number of pyridine rings is 1. The topological polar surface area (TPSA) is 50.7 Å². The number of allylic oxidation sites excluding steroid dienone is 4. The molecule has 27 heavy (non-hydrogen) atoms. The van der Waals surface area contributed by atoms with E-state index in [0.29, 0.717) is 0 Å². The van der Waals surface area contributed by atoms with Crippen molar-refractivity contribution in [2.75, 3.05) is 5.32 Å². The number of anilines is 1. The van der Waals surface area contributed by atoms with Crippen molar-refractivity contribution >= 4 is 16.6 Å².